The third-order valence-corrected chi connectivity index (χ3v) is 1.80. The van der Waals surface area contributed by atoms with Gasteiger partial charge in [0.1, 0.15) is 5.82 Å². The number of nitrogens with one attached hydrogen (secondary N) is 1. The Morgan fingerprint density at radius 2 is 2.12 bits per heavy atom. The molecule has 80 valence electrons. The minimum atomic E-state index is -1.10. The first-order chi connectivity index (χ1) is 7.75. The van der Waals surface area contributed by atoms with Gasteiger partial charge in [-0.25, -0.2) is 14.8 Å². The van der Waals surface area contributed by atoms with E-state index in [2.05, 4.69) is 20.3 Å². The van der Waals surface area contributed by atoms with E-state index < -0.39 is 5.97 Å². The minimum Gasteiger partial charge on any atom is -0.476 e. The van der Waals surface area contributed by atoms with Gasteiger partial charge in [0, 0.05) is 6.20 Å². The number of rotatable bonds is 3. The summed E-state index contributed by atoms with van der Waals surface area (Å²) in [6.45, 7) is 0. The van der Waals surface area contributed by atoms with E-state index in [1.165, 1.54) is 12.4 Å². The Kier molecular flexibility index (Phi) is 2.73. The van der Waals surface area contributed by atoms with E-state index in [9.17, 15) is 4.79 Å². The summed E-state index contributed by atoms with van der Waals surface area (Å²) in [7, 11) is 0. The lowest BCUT2D eigenvalue weighted by molar-refractivity contribution is 0.0690. The van der Waals surface area contributed by atoms with Gasteiger partial charge in [-0.3, -0.25) is 4.98 Å². The summed E-state index contributed by atoms with van der Waals surface area (Å²) in [6, 6.07) is 3.60. The predicted octanol–water partition coefficient (Wildman–Crippen LogP) is 1.31. The summed E-state index contributed by atoms with van der Waals surface area (Å²) in [5.41, 5.74) is 0.677. The van der Waals surface area contributed by atoms with Crippen LogP contribution in [0.25, 0.3) is 0 Å². The minimum absolute atomic E-state index is 0.0864. The van der Waals surface area contributed by atoms with Crippen LogP contribution in [0.3, 0.4) is 0 Å². The van der Waals surface area contributed by atoms with E-state index >= 15 is 0 Å². The quantitative estimate of drug-likeness (QED) is 0.804. The topological polar surface area (TPSA) is 88.0 Å². The zero-order valence-corrected chi connectivity index (χ0v) is 8.16. The first-order valence-electron chi connectivity index (χ1n) is 4.48. The van der Waals surface area contributed by atoms with Crippen LogP contribution in [0.1, 0.15) is 10.5 Å². The molecule has 0 radical (unpaired) electrons. The highest BCUT2D eigenvalue weighted by atomic mass is 16.4. The van der Waals surface area contributed by atoms with Crippen molar-refractivity contribution in [3.63, 3.8) is 0 Å². The second kappa shape index (κ2) is 4.35. The molecule has 0 aliphatic heterocycles. The first-order valence-corrected chi connectivity index (χ1v) is 4.48. The van der Waals surface area contributed by atoms with Crippen molar-refractivity contribution in [2.45, 2.75) is 0 Å². The van der Waals surface area contributed by atoms with Crippen molar-refractivity contribution in [3.05, 3.63) is 42.6 Å². The number of nitrogens with zero attached hydrogens (tertiary/aromatic N) is 3. The van der Waals surface area contributed by atoms with Crippen LogP contribution in [0.4, 0.5) is 11.5 Å². The SMILES string of the molecule is O=C(O)c1cnc(Nc2cccnc2)cn1. The fourth-order valence-electron chi connectivity index (χ4n) is 1.09. The number of hydrogen-bond donors (Lipinski definition) is 2. The van der Waals surface area contributed by atoms with Gasteiger partial charge in [-0.1, -0.05) is 0 Å². The molecule has 0 spiro atoms. The molecular weight excluding hydrogens is 208 g/mol. The second-order valence-electron chi connectivity index (χ2n) is 2.96. The number of carboxylic acid groups (broad SMARTS) is 1. The van der Waals surface area contributed by atoms with Crippen molar-refractivity contribution in [2.24, 2.45) is 0 Å². The molecule has 2 aromatic heterocycles. The molecule has 0 unspecified atom stereocenters. The third kappa shape index (κ3) is 2.30. The number of hydrogen-bond acceptors (Lipinski definition) is 5. The summed E-state index contributed by atoms with van der Waals surface area (Å²) in [5, 5.41) is 11.6. The van der Waals surface area contributed by atoms with Gasteiger partial charge in [0.25, 0.3) is 0 Å². The highest BCUT2D eigenvalue weighted by Crippen LogP contribution is 2.10. The molecule has 6 nitrogen and oxygen atoms in total. The molecular formula is C10H8N4O2. The smallest absolute Gasteiger partial charge is 0.356 e. The van der Waals surface area contributed by atoms with E-state index in [0.717, 1.165) is 5.69 Å². The van der Waals surface area contributed by atoms with Crippen molar-refractivity contribution >= 4 is 17.5 Å². The fraction of sp³-hybridized carbons (Fsp3) is 0. The largest absolute Gasteiger partial charge is 0.476 e. The van der Waals surface area contributed by atoms with Crippen LogP contribution in [-0.2, 0) is 0 Å². The lowest BCUT2D eigenvalue weighted by atomic mass is 10.4. The van der Waals surface area contributed by atoms with Crippen LogP contribution < -0.4 is 5.32 Å². The number of carbonyl (C=O) groups is 1. The maximum Gasteiger partial charge on any atom is 0.356 e. The molecule has 6 heteroatoms. The summed E-state index contributed by atoms with van der Waals surface area (Å²) in [4.78, 5) is 22.1. The van der Waals surface area contributed by atoms with Gasteiger partial charge in [-0.15, -0.1) is 0 Å². The molecule has 0 saturated carbocycles. The Morgan fingerprint density at radius 1 is 1.25 bits per heavy atom. The Balaban J connectivity index is 2.14. The van der Waals surface area contributed by atoms with Crippen LogP contribution in [0.15, 0.2) is 36.9 Å². The van der Waals surface area contributed by atoms with Gasteiger partial charge < -0.3 is 10.4 Å². The lowest BCUT2D eigenvalue weighted by Crippen LogP contribution is -2.02. The lowest BCUT2D eigenvalue weighted by Gasteiger charge is -2.03. The normalized spacial score (nSPS) is 9.75. The van der Waals surface area contributed by atoms with Crippen molar-refractivity contribution in [1.82, 2.24) is 15.0 Å². The zero-order valence-electron chi connectivity index (χ0n) is 8.16. The van der Waals surface area contributed by atoms with Crippen molar-refractivity contribution in [1.29, 1.82) is 0 Å². The molecule has 0 fully saturated rings. The van der Waals surface area contributed by atoms with Crippen LogP contribution in [0.5, 0.6) is 0 Å². The summed E-state index contributed by atoms with van der Waals surface area (Å²) >= 11 is 0. The summed E-state index contributed by atoms with van der Waals surface area (Å²) < 4.78 is 0. The average Bonchev–Trinajstić information content (AvgIpc) is 2.31. The highest BCUT2D eigenvalue weighted by molar-refractivity contribution is 5.84. The number of pyridine rings is 1. The van der Waals surface area contributed by atoms with E-state index in [-0.39, 0.29) is 5.69 Å². The zero-order chi connectivity index (χ0) is 11.4. The molecule has 2 rings (SSSR count). The second-order valence-corrected chi connectivity index (χ2v) is 2.96. The maximum atomic E-state index is 10.5. The van der Waals surface area contributed by atoms with E-state index in [1.807, 2.05) is 6.07 Å². The third-order valence-electron chi connectivity index (χ3n) is 1.80. The van der Waals surface area contributed by atoms with Gasteiger partial charge in [0.05, 0.1) is 24.3 Å². The molecule has 2 heterocycles. The van der Waals surface area contributed by atoms with Crippen molar-refractivity contribution in [3.8, 4) is 0 Å². The van der Waals surface area contributed by atoms with Gasteiger partial charge in [-0.05, 0) is 12.1 Å². The predicted molar refractivity (Wildman–Crippen MR) is 56.5 cm³/mol. The first kappa shape index (κ1) is 10.0. The van der Waals surface area contributed by atoms with Crippen LogP contribution in [0, 0.1) is 0 Å². The van der Waals surface area contributed by atoms with Gasteiger partial charge in [0.15, 0.2) is 5.69 Å². The molecule has 16 heavy (non-hydrogen) atoms. The Labute approximate surface area is 91.0 Å². The Bertz CT molecular complexity index is 484. The van der Waals surface area contributed by atoms with Crippen LogP contribution in [-0.4, -0.2) is 26.0 Å². The van der Waals surface area contributed by atoms with Gasteiger partial charge in [-0.2, -0.15) is 0 Å². The van der Waals surface area contributed by atoms with Crippen LogP contribution in [0.2, 0.25) is 0 Å². The molecule has 0 saturated heterocycles. The number of carboxylic acids is 1. The monoisotopic (exact) mass is 216 g/mol. The molecule has 2 aromatic rings. The molecule has 0 aromatic carbocycles. The fourth-order valence-corrected chi connectivity index (χ4v) is 1.09. The molecule has 0 aliphatic rings. The average molecular weight is 216 g/mol. The molecule has 0 atom stereocenters. The van der Waals surface area contributed by atoms with Crippen molar-refractivity contribution in [2.75, 3.05) is 5.32 Å². The Morgan fingerprint density at radius 3 is 2.69 bits per heavy atom. The molecule has 0 amide bonds. The Hall–Kier alpha value is -2.50. The summed E-state index contributed by atoms with van der Waals surface area (Å²) in [6.07, 6.45) is 5.84. The highest BCUT2D eigenvalue weighted by Gasteiger charge is 2.04. The van der Waals surface area contributed by atoms with E-state index in [0.29, 0.717) is 5.82 Å². The number of aromatic nitrogens is 3. The van der Waals surface area contributed by atoms with Gasteiger partial charge in [0.2, 0.25) is 0 Å². The molecule has 0 bridgehead atoms. The van der Waals surface area contributed by atoms with Crippen LogP contribution >= 0.6 is 0 Å². The summed E-state index contributed by atoms with van der Waals surface area (Å²) in [5.74, 6) is -0.626. The molecule has 2 N–H and O–H groups in total. The standard InChI is InChI=1S/C10H8N4O2/c15-10(16)8-5-13-9(6-12-8)14-7-2-1-3-11-4-7/h1-6H,(H,13,14)(H,15,16). The van der Waals surface area contributed by atoms with E-state index in [1.54, 1.807) is 18.5 Å². The maximum absolute atomic E-state index is 10.5. The number of anilines is 2. The number of aromatic carboxylic acids is 1. The van der Waals surface area contributed by atoms with E-state index in [4.69, 9.17) is 5.11 Å². The van der Waals surface area contributed by atoms with Crippen molar-refractivity contribution < 1.29 is 9.90 Å². The van der Waals surface area contributed by atoms with Gasteiger partial charge >= 0.3 is 5.97 Å². The molecule has 0 aliphatic carbocycles.